The average Bonchev–Trinajstić information content (AvgIpc) is 3.41. The van der Waals surface area contributed by atoms with Crippen LogP contribution in [0.25, 0.3) is 16.6 Å². The first-order valence-corrected chi connectivity index (χ1v) is 12.5. The minimum atomic E-state index is -1.11. The van der Waals surface area contributed by atoms with Gasteiger partial charge >= 0.3 is 6.09 Å². The molecular weight excluding hydrogens is 480 g/mol. The molecule has 0 saturated carbocycles. The van der Waals surface area contributed by atoms with E-state index < -0.39 is 11.7 Å². The highest BCUT2D eigenvalue weighted by Gasteiger charge is 2.55. The van der Waals surface area contributed by atoms with E-state index in [9.17, 15) is 9.59 Å². The first kappa shape index (κ1) is 22.7. The van der Waals surface area contributed by atoms with Gasteiger partial charge in [-0.3, -0.25) is 9.79 Å². The van der Waals surface area contributed by atoms with E-state index in [4.69, 9.17) is 16.3 Å². The molecule has 5 heterocycles. The fourth-order valence-corrected chi connectivity index (χ4v) is 5.33. The molecule has 184 valence electrons. The maximum atomic E-state index is 12.9. The molecule has 0 radical (unpaired) electrons. The van der Waals surface area contributed by atoms with Gasteiger partial charge in [-0.1, -0.05) is 11.6 Å². The number of carbonyl (C=O) groups is 2. The van der Waals surface area contributed by atoms with Crippen LogP contribution >= 0.6 is 11.6 Å². The number of anilines is 1. The maximum absolute atomic E-state index is 12.9. The first-order valence-electron chi connectivity index (χ1n) is 12.1. The number of nitrogens with zero attached hydrogens (tertiary/aromatic N) is 5. The predicted octanol–water partition coefficient (Wildman–Crippen LogP) is 4.57. The molecule has 0 bridgehead atoms. The van der Waals surface area contributed by atoms with Crippen molar-refractivity contribution in [3.63, 3.8) is 0 Å². The lowest BCUT2D eigenvalue weighted by Gasteiger charge is -2.37. The third kappa shape index (κ3) is 3.83. The van der Waals surface area contributed by atoms with Crippen molar-refractivity contribution < 1.29 is 14.3 Å². The summed E-state index contributed by atoms with van der Waals surface area (Å²) in [7, 11) is 0. The van der Waals surface area contributed by atoms with Gasteiger partial charge in [0, 0.05) is 47.4 Å². The van der Waals surface area contributed by atoms with E-state index in [0.29, 0.717) is 24.5 Å². The Bertz CT molecular complexity index is 1430. The van der Waals surface area contributed by atoms with Gasteiger partial charge in [-0.15, -0.1) is 0 Å². The first-order chi connectivity index (χ1) is 17.5. The summed E-state index contributed by atoms with van der Waals surface area (Å²) in [6.07, 6.45) is 5.99. The van der Waals surface area contributed by atoms with Gasteiger partial charge in [-0.05, 0) is 62.9 Å². The second kappa shape index (κ2) is 8.74. The van der Waals surface area contributed by atoms with Gasteiger partial charge in [-0.25, -0.2) is 19.7 Å². The Morgan fingerprint density at radius 2 is 2.08 bits per heavy atom. The Hall–Kier alpha value is -3.72. The molecule has 9 nitrogen and oxygen atoms in total. The Morgan fingerprint density at radius 3 is 2.81 bits per heavy atom. The third-order valence-corrected chi connectivity index (χ3v) is 7.30. The molecule has 6 rings (SSSR count). The molecular formula is C26H25ClN6O3. The Kier molecular flexibility index (Phi) is 5.52. The molecule has 1 N–H and O–H groups in total. The molecule has 2 amide bonds. The quantitative estimate of drug-likeness (QED) is 0.558. The van der Waals surface area contributed by atoms with Gasteiger partial charge in [0.05, 0.1) is 17.6 Å². The average molecular weight is 505 g/mol. The number of ether oxygens (including phenoxy) is 1. The zero-order valence-electron chi connectivity index (χ0n) is 19.8. The summed E-state index contributed by atoms with van der Waals surface area (Å²) >= 11 is 6.09. The molecule has 2 fully saturated rings. The summed E-state index contributed by atoms with van der Waals surface area (Å²) in [4.78, 5) is 45.5. The van der Waals surface area contributed by atoms with Crippen molar-refractivity contribution in [1.82, 2.24) is 19.9 Å². The number of H-pyrrole nitrogens is 1. The number of allylic oxidation sites excluding steroid dienone is 1. The number of aromatic amines is 1. The van der Waals surface area contributed by atoms with Crippen LogP contribution in [-0.2, 0) is 9.53 Å². The Labute approximate surface area is 212 Å². The normalized spacial score (nSPS) is 22.3. The van der Waals surface area contributed by atoms with Crippen LogP contribution in [0.15, 0.2) is 47.7 Å². The summed E-state index contributed by atoms with van der Waals surface area (Å²) in [6.45, 7) is 3.16. The Morgan fingerprint density at radius 1 is 1.19 bits per heavy atom. The minimum Gasteiger partial charge on any atom is -0.430 e. The zero-order chi connectivity index (χ0) is 24.9. The van der Waals surface area contributed by atoms with Crippen molar-refractivity contribution in [2.75, 3.05) is 24.5 Å². The van der Waals surface area contributed by atoms with E-state index in [-0.39, 0.29) is 5.91 Å². The highest BCUT2D eigenvalue weighted by atomic mass is 35.5. The number of carbonyl (C=O) groups excluding carboxylic acids is 2. The number of imidazole rings is 1. The highest BCUT2D eigenvalue weighted by molar-refractivity contribution is 6.31. The summed E-state index contributed by atoms with van der Waals surface area (Å²) in [5.74, 6) is 1.32. The molecule has 0 aliphatic carbocycles. The van der Waals surface area contributed by atoms with E-state index in [2.05, 4.69) is 19.9 Å². The number of hydrogen-bond donors (Lipinski definition) is 1. The maximum Gasteiger partial charge on any atom is 0.417 e. The number of pyridine rings is 1. The highest BCUT2D eigenvalue weighted by Crippen LogP contribution is 2.35. The van der Waals surface area contributed by atoms with Crippen molar-refractivity contribution >= 4 is 51.7 Å². The lowest BCUT2D eigenvalue weighted by atomic mass is 9.91. The summed E-state index contributed by atoms with van der Waals surface area (Å²) in [6, 6.07) is 9.55. The van der Waals surface area contributed by atoms with Crippen molar-refractivity contribution in [3.05, 3.63) is 59.1 Å². The Balaban J connectivity index is 1.18. The number of likely N-dealkylation sites (N-methyl/N-ethyl adjacent to an activating group) is 1. The van der Waals surface area contributed by atoms with E-state index in [1.807, 2.05) is 47.6 Å². The van der Waals surface area contributed by atoms with Crippen LogP contribution in [0.2, 0.25) is 5.02 Å². The lowest BCUT2D eigenvalue weighted by Crippen LogP contribution is -2.54. The molecule has 36 heavy (non-hydrogen) atoms. The fourth-order valence-electron chi connectivity index (χ4n) is 5.16. The topological polar surface area (TPSA) is 104 Å². The van der Waals surface area contributed by atoms with E-state index in [0.717, 1.165) is 65.3 Å². The number of imide groups is 1. The molecule has 3 aliphatic rings. The zero-order valence-corrected chi connectivity index (χ0v) is 20.6. The number of aromatic nitrogens is 3. The fraction of sp³-hybridized carbons (Fsp3) is 0.346. The monoisotopic (exact) mass is 504 g/mol. The van der Waals surface area contributed by atoms with Crippen molar-refractivity contribution in [2.24, 2.45) is 4.99 Å². The van der Waals surface area contributed by atoms with Gasteiger partial charge < -0.3 is 14.6 Å². The van der Waals surface area contributed by atoms with Gasteiger partial charge in [0.1, 0.15) is 11.6 Å². The van der Waals surface area contributed by atoms with Crippen LogP contribution in [0.5, 0.6) is 0 Å². The molecule has 1 atom stereocenters. The molecule has 3 aromatic rings. The summed E-state index contributed by atoms with van der Waals surface area (Å²) < 4.78 is 5.58. The molecule has 2 saturated heterocycles. The second-order valence-corrected chi connectivity index (χ2v) is 9.76. The van der Waals surface area contributed by atoms with E-state index >= 15 is 0 Å². The largest absolute Gasteiger partial charge is 0.430 e. The molecule has 2 aromatic heterocycles. The van der Waals surface area contributed by atoms with Gasteiger partial charge in [0.2, 0.25) is 5.60 Å². The van der Waals surface area contributed by atoms with Crippen LogP contribution in [0, 0.1) is 0 Å². The standard InChI is InChI=1S/C26H25ClN6O3/c1-2-33-24(34)26(36-25(33)35)10-3-11-32(15-26)22-9-5-16(13-29-22)19-7-4-17(14-28-19)23-30-20-8-6-18(27)12-21(20)31-23/h5-6,8-9,12-14H,2-4,7,10-11,15H2,1H3,(H,30,31). The lowest BCUT2D eigenvalue weighted by molar-refractivity contribution is -0.137. The number of fused-ring (bicyclic) bond motifs is 1. The molecule has 1 unspecified atom stereocenters. The summed E-state index contributed by atoms with van der Waals surface area (Å²) in [5.41, 5.74) is 3.64. The minimum absolute atomic E-state index is 0.247. The molecule has 10 heteroatoms. The number of rotatable bonds is 4. The predicted molar refractivity (Wildman–Crippen MR) is 137 cm³/mol. The number of halogens is 1. The van der Waals surface area contributed by atoms with Crippen LogP contribution in [-0.4, -0.2) is 62.8 Å². The number of benzene rings is 1. The van der Waals surface area contributed by atoms with Crippen LogP contribution in [0.3, 0.4) is 0 Å². The number of piperidine rings is 1. The van der Waals surface area contributed by atoms with Crippen LogP contribution in [0.4, 0.5) is 10.6 Å². The number of amides is 2. The second-order valence-electron chi connectivity index (χ2n) is 9.32. The number of nitrogens with one attached hydrogen (secondary N) is 1. The van der Waals surface area contributed by atoms with E-state index in [1.54, 1.807) is 6.92 Å². The van der Waals surface area contributed by atoms with Gasteiger partial charge in [0.25, 0.3) is 5.91 Å². The number of hydrogen-bond acceptors (Lipinski definition) is 7. The van der Waals surface area contributed by atoms with E-state index in [1.165, 1.54) is 4.90 Å². The van der Waals surface area contributed by atoms with Crippen LogP contribution in [0.1, 0.15) is 44.0 Å². The van der Waals surface area contributed by atoms with Crippen molar-refractivity contribution in [3.8, 4) is 0 Å². The molecule has 1 spiro atoms. The molecule has 1 aromatic carbocycles. The molecule has 3 aliphatic heterocycles. The van der Waals surface area contributed by atoms with Gasteiger partial charge in [0.15, 0.2) is 0 Å². The SMILES string of the molecule is CCN1C(=O)OC2(CCCN(c3ccc(C4=NC=C(c5nc6ccc(Cl)cc6[nH]5)CC4)cn3)C2)C1=O. The smallest absolute Gasteiger partial charge is 0.417 e. The van der Waals surface area contributed by atoms with Crippen molar-refractivity contribution in [1.29, 1.82) is 0 Å². The third-order valence-electron chi connectivity index (χ3n) is 7.07. The summed E-state index contributed by atoms with van der Waals surface area (Å²) in [5, 5.41) is 0.671. The van der Waals surface area contributed by atoms with Gasteiger partial charge in [-0.2, -0.15) is 0 Å². The van der Waals surface area contributed by atoms with Crippen LogP contribution < -0.4 is 4.90 Å². The number of aliphatic imine (C=N–C) groups is 1. The van der Waals surface area contributed by atoms with Crippen molar-refractivity contribution in [2.45, 2.75) is 38.2 Å².